The molecule has 0 radical (unpaired) electrons. The molecule has 3 rings (SSSR count). The van der Waals surface area contributed by atoms with E-state index in [0.717, 1.165) is 30.9 Å². The van der Waals surface area contributed by atoms with E-state index in [4.69, 9.17) is 14.2 Å². The second-order valence-corrected chi connectivity index (χ2v) is 8.88. The summed E-state index contributed by atoms with van der Waals surface area (Å²) in [4.78, 5) is 13.3. The van der Waals surface area contributed by atoms with Gasteiger partial charge in [-0.15, -0.1) is 0 Å². The molecule has 39 heavy (non-hydrogen) atoms. The molecular formula is C28H42N8O3. The third kappa shape index (κ3) is 12.6. The van der Waals surface area contributed by atoms with E-state index in [2.05, 4.69) is 55.8 Å². The molecule has 0 saturated carbocycles. The molecule has 1 heterocycles. The van der Waals surface area contributed by atoms with E-state index in [1.54, 1.807) is 0 Å². The maximum Gasteiger partial charge on any atom is 0.244 e. The van der Waals surface area contributed by atoms with Gasteiger partial charge in [-0.1, -0.05) is 69.5 Å². The van der Waals surface area contributed by atoms with E-state index >= 15 is 0 Å². The van der Waals surface area contributed by atoms with Crippen molar-refractivity contribution in [1.82, 2.24) is 25.8 Å². The predicted octanol–water partition coefficient (Wildman–Crippen LogP) is 4.81. The first-order valence-electron chi connectivity index (χ1n) is 13.7. The number of hydrazine groups is 2. The van der Waals surface area contributed by atoms with Crippen molar-refractivity contribution in [3.8, 4) is 11.5 Å². The lowest BCUT2D eigenvalue weighted by Gasteiger charge is -2.15. The van der Waals surface area contributed by atoms with E-state index < -0.39 is 0 Å². The molecular weight excluding hydrogens is 496 g/mol. The highest BCUT2D eigenvalue weighted by Gasteiger charge is 2.08. The van der Waals surface area contributed by atoms with Gasteiger partial charge in [-0.2, -0.15) is 25.8 Å². The second kappa shape index (κ2) is 18.6. The van der Waals surface area contributed by atoms with Gasteiger partial charge in [0.05, 0.1) is 0 Å². The number of hydrogen-bond acceptors (Lipinski definition) is 11. The van der Waals surface area contributed by atoms with Crippen molar-refractivity contribution in [2.45, 2.75) is 46.0 Å². The molecule has 3 aromatic rings. The molecule has 0 amide bonds. The Labute approximate surface area is 231 Å². The van der Waals surface area contributed by atoms with Gasteiger partial charge in [0.2, 0.25) is 17.8 Å². The molecule has 1 atom stereocenters. The molecule has 0 spiro atoms. The van der Waals surface area contributed by atoms with Crippen LogP contribution in [0, 0.1) is 5.92 Å². The Balaban J connectivity index is 1.46. The minimum Gasteiger partial charge on any atom is -0.477 e. The number of aromatic nitrogens is 3. The monoisotopic (exact) mass is 538 g/mol. The smallest absolute Gasteiger partial charge is 0.244 e. The SMILES string of the molecule is CCCCC(CC)COCCCNc1nc(NNCOc2ccccc2)nc(NNCOc2ccccc2)n1. The Morgan fingerprint density at radius 1 is 0.718 bits per heavy atom. The van der Waals surface area contributed by atoms with Crippen molar-refractivity contribution in [1.29, 1.82) is 0 Å². The van der Waals surface area contributed by atoms with Crippen LogP contribution in [0.15, 0.2) is 60.7 Å². The van der Waals surface area contributed by atoms with Crippen molar-refractivity contribution in [2.75, 3.05) is 49.4 Å². The van der Waals surface area contributed by atoms with E-state index in [9.17, 15) is 0 Å². The van der Waals surface area contributed by atoms with Gasteiger partial charge in [0.15, 0.2) is 13.5 Å². The third-order valence-electron chi connectivity index (χ3n) is 5.79. The molecule has 11 heteroatoms. The maximum absolute atomic E-state index is 5.91. The lowest BCUT2D eigenvalue weighted by atomic mass is 10.0. The van der Waals surface area contributed by atoms with Gasteiger partial charge >= 0.3 is 0 Å². The normalized spacial score (nSPS) is 11.5. The Bertz CT molecular complexity index is 964. The van der Waals surface area contributed by atoms with Crippen LogP contribution in [-0.2, 0) is 4.74 Å². The molecule has 2 aromatic carbocycles. The molecule has 1 unspecified atom stereocenters. The minimum atomic E-state index is 0.221. The average Bonchev–Trinajstić information content (AvgIpc) is 2.98. The van der Waals surface area contributed by atoms with Gasteiger partial charge in [-0.25, -0.2) is 0 Å². The van der Waals surface area contributed by atoms with E-state index in [1.165, 1.54) is 19.3 Å². The van der Waals surface area contributed by atoms with Crippen molar-refractivity contribution >= 4 is 17.8 Å². The standard InChI is InChI=1S/C28H42N8O3/c1-3-5-13-23(4-2)20-37-19-12-18-29-26-32-27(35-30-21-38-24-14-8-6-9-15-24)34-28(33-26)36-31-22-39-25-16-10-7-11-17-25/h6-11,14-17,23,30-31H,3-5,12-13,18-22H2,1-2H3,(H3,29,32,33,34,35,36). The number of para-hydroxylation sites is 2. The number of anilines is 3. The molecule has 0 aliphatic rings. The molecule has 0 fully saturated rings. The predicted molar refractivity (Wildman–Crippen MR) is 154 cm³/mol. The van der Waals surface area contributed by atoms with Crippen LogP contribution in [0.25, 0.3) is 0 Å². The summed E-state index contributed by atoms with van der Waals surface area (Å²) in [5.41, 5.74) is 11.8. The molecule has 0 aliphatic heterocycles. The van der Waals surface area contributed by atoms with Crippen LogP contribution in [0.3, 0.4) is 0 Å². The summed E-state index contributed by atoms with van der Waals surface area (Å²) in [6, 6.07) is 19.1. The summed E-state index contributed by atoms with van der Waals surface area (Å²) in [5.74, 6) is 3.24. The number of ether oxygens (including phenoxy) is 3. The Morgan fingerprint density at radius 3 is 1.82 bits per heavy atom. The molecule has 11 nitrogen and oxygen atoms in total. The number of nitrogens with one attached hydrogen (secondary N) is 5. The summed E-state index contributed by atoms with van der Waals surface area (Å²) in [5, 5.41) is 3.25. The average molecular weight is 539 g/mol. The fraction of sp³-hybridized carbons (Fsp3) is 0.464. The Hall–Kier alpha value is -3.67. The summed E-state index contributed by atoms with van der Waals surface area (Å²) < 4.78 is 17.2. The highest BCUT2D eigenvalue weighted by Crippen LogP contribution is 2.13. The minimum absolute atomic E-state index is 0.221. The molecule has 0 saturated heterocycles. The van der Waals surface area contributed by atoms with Crippen LogP contribution in [0.5, 0.6) is 11.5 Å². The quantitative estimate of drug-likeness (QED) is 0.0728. The van der Waals surface area contributed by atoms with Crippen LogP contribution < -0.4 is 36.5 Å². The number of hydrogen-bond donors (Lipinski definition) is 5. The van der Waals surface area contributed by atoms with Gasteiger partial charge in [0, 0.05) is 19.8 Å². The summed E-state index contributed by atoms with van der Waals surface area (Å²) in [7, 11) is 0. The molecule has 1 aromatic heterocycles. The van der Waals surface area contributed by atoms with Crippen molar-refractivity contribution in [3.63, 3.8) is 0 Å². The molecule has 0 bridgehead atoms. The maximum atomic E-state index is 5.91. The zero-order valence-electron chi connectivity index (χ0n) is 23.0. The zero-order valence-corrected chi connectivity index (χ0v) is 23.0. The first-order valence-corrected chi connectivity index (χ1v) is 13.7. The Kier molecular flexibility index (Phi) is 14.2. The Morgan fingerprint density at radius 2 is 1.28 bits per heavy atom. The van der Waals surface area contributed by atoms with Crippen molar-refractivity contribution in [3.05, 3.63) is 60.7 Å². The zero-order chi connectivity index (χ0) is 27.4. The largest absolute Gasteiger partial charge is 0.477 e. The number of nitrogens with zero attached hydrogens (tertiary/aromatic N) is 3. The number of unbranched alkanes of at least 4 members (excludes halogenated alkanes) is 1. The fourth-order valence-corrected chi connectivity index (χ4v) is 3.59. The van der Waals surface area contributed by atoms with Crippen LogP contribution >= 0.6 is 0 Å². The number of benzene rings is 2. The van der Waals surface area contributed by atoms with Crippen LogP contribution in [-0.4, -0.2) is 48.2 Å². The van der Waals surface area contributed by atoms with E-state index in [0.29, 0.717) is 36.9 Å². The summed E-state index contributed by atoms with van der Waals surface area (Å²) in [6.07, 6.45) is 5.72. The van der Waals surface area contributed by atoms with Gasteiger partial charge in [0.1, 0.15) is 11.5 Å². The molecule has 0 aliphatic carbocycles. The first-order chi connectivity index (χ1) is 19.3. The lowest BCUT2D eigenvalue weighted by molar-refractivity contribution is 0.0937. The second-order valence-electron chi connectivity index (χ2n) is 8.88. The van der Waals surface area contributed by atoms with Crippen molar-refractivity contribution < 1.29 is 14.2 Å². The van der Waals surface area contributed by atoms with Crippen LogP contribution in [0.4, 0.5) is 17.8 Å². The van der Waals surface area contributed by atoms with Gasteiger partial charge in [-0.3, -0.25) is 10.9 Å². The summed E-state index contributed by atoms with van der Waals surface area (Å²) >= 11 is 0. The van der Waals surface area contributed by atoms with Crippen LogP contribution in [0.2, 0.25) is 0 Å². The van der Waals surface area contributed by atoms with E-state index in [-0.39, 0.29) is 13.5 Å². The summed E-state index contributed by atoms with van der Waals surface area (Å²) in [6.45, 7) is 7.08. The molecule has 212 valence electrons. The van der Waals surface area contributed by atoms with E-state index in [1.807, 2.05) is 60.7 Å². The van der Waals surface area contributed by atoms with Gasteiger partial charge in [0.25, 0.3) is 0 Å². The number of rotatable bonds is 21. The lowest BCUT2D eigenvalue weighted by Crippen LogP contribution is -2.30. The third-order valence-corrected chi connectivity index (χ3v) is 5.79. The topological polar surface area (TPSA) is 127 Å². The fourth-order valence-electron chi connectivity index (χ4n) is 3.59. The highest BCUT2D eigenvalue weighted by atomic mass is 16.5. The van der Waals surface area contributed by atoms with Crippen molar-refractivity contribution in [2.24, 2.45) is 5.92 Å². The molecule has 5 N–H and O–H groups in total. The van der Waals surface area contributed by atoms with Gasteiger partial charge in [-0.05, 0) is 43.0 Å². The van der Waals surface area contributed by atoms with Crippen LogP contribution in [0.1, 0.15) is 46.0 Å². The highest BCUT2D eigenvalue weighted by molar-refractivity contribution is 5.41. The van der Waals surface area contributed by atoms with Gasteiger partial charge < -0.3 is 19.5 Å². The first kappa shape index (κ1) is 29.9.